The molecule has 29 heavy (non-hydrogen) atoms. The van der Waals surface area contributed by atoms with E-state index < -0.39 is 0 Å². The van der Waals surface area contributed by atoms with Gasteiger partial charge in [-0.15, -0.1) is 10.2 Å². The highest BCUT2D eigenvalue weighted by Crippen LogP contribution is 2.23. The quantitative estimate of drug-likeness (QED) is 0.555. The molecule has 1 fully saturated rings. The van der Waals surface area contributed by atoms with E-state index >= 15 is 0 Å². The Labute approximate surface area is 168 Å². The third-order valence-corrected chi connectivity index (χ3v) is 4.95. The Morgan fingerprint density at radius 1 is 0.828 bits per heavy atom. The van der Waals surface area contributed by atoms with E-state index in [9.17, 15) is 0 Å². The highest BCUT2D eigenvalue weighted by atomic mass is 15.2. The molecule has 1 saturated heterocycles. The zero-order valence-electron chi connectivity index (χ0n) is 15.8. The summed E-state index contributed by atoms with van der Waals surface area (Å²) in [6, 6.07) is 14.2. The van der Waals surface area contributed by atoms with Gasteiger partial charge in [-0.3, -0.25) is 0 Å². The molecule has 0 saturated carbocycles. The van der Waals surface area contributed by atoms with Crippen molar-refractivity contribution in [2.45, 2.75) is 0 Å². The largest absolute Gasteiger partial charge is 0.369 e. The number of anilines is 3. The number of hydrogen-bond acceptors (Lipinski definition) is 8. The van der Waals surface area contributed by atoms with E-state index in [1.807, 2.05) is 30.3 Å². The van der Waals surface area contributed by atoms with Crippen molar-refractivity contribution >= 4 is 28.4 Å². The molecule has 8 heteroatoms. The number of nitrogens with one attached hydrogen (secondary N) is 2. The lowest BCUT2D eigenvalue weighted by Crippen LogP contribution is -2.43. The third kappa shape index (κ3) is 3.83. The maximum atomic E-state index is 4.62. The average Bonchev–Trinajstić information content (AvgIpc) is 2.80. The predicted octanol–water partition coefficient (Wildman–Crippen LogP) is 2.64. The summed E-state index contributed by atoms with van der Waals surface area (Å²) in [5.41, 5.74) is 5.59. The topological polar surface area (TPSA) is 91.8 Å². The molecule has 1 aliphatic rings. The zero-order valence-corrected chi connectivity index (χ0v) is 15.8. The first-order valence-electron chi connectivity index (χ1n) is 9.58. The van der Waals surface area contributed by atoms with Gasteiger partial charge in [-0.05, 0) is 42.0 Å². The summed E-state index contributed by atoms with van der Waals surface area (Å²) in [4.78, 5) is 15.2. The second-order valence-corrected chi connectivity index (χ2v) is 6.87. The number of rotatable bonds is 4. The van der Waals surface area contributed by atoms with Crippen molar-refractivity contribution in [3.63, 3.8) is 0 Å². The molecule has 0 amide bonds. The lowest BCUT2D eigenvalue weighted by atomic mass is 10.1. The summed E-state index contributed by atoms with van der Waals surface area (Å²) < 4.78 is 0. The van der Waals surface area contributed by atoms with E-state index in [0.29, 0.717) is 5.95 Å². The van der Waals surface area contributed by atoms with Gasteiger partial charge >= 0.3 is 0 Å². The van der Waals surface area contributed by atoms with Crippen LogP contribution in [-0.2, 0) is 0 Å². The molecule has 3 heterocycles. The van der Waals surface area contributed by atoms with Crippen molar-refractivity contribution < 1.29 is 0 Å². The molecule has 0 bridgehead atoms. The highest BCUT2D eigenvalue weighted by molar-refractivity contribution is 5.81. The van der Waals surface area contributed by atoms with Crippen LogP contribution >= 0.6 is 0 Å². The van der Waals surface area contributed by atoms with Gasteiger partial charge in [0.05, 0.1) is 5.52 Å². The number of nitrogens with zero attached hydrogens (tertiary/aromatic N) is 6. The van der Waals surface area contributed by atoms with Crippen LogP contribution in [0.15, 0.2) is 61.2 Å². The minimum atomic E-state index is 0.467. The molecule has 4 aromatic rings. The van der Waals surface area contributed by atoms with Crippen LogP contribution in [0.1, 0.15) is 0 Å². The van der Waals surface area contributed by atoms with Crippen molar-refractivity contribution in [3.05, 3.63) is 61.2 Å². The molecule has 0 spiro atoms. The molecule has 0 unspecified atom stereocenters. The van der Waals surface area contributed by atoms with Gasteiger partial charge in [-0.2, -0.15) is 0 Å². The minimum Gasteiger partial charge on any atom is -0.369 e. The number of fused-ring (bicyclic) bond motifs is 1. The van der Waals surface area contributed by atoms with E-state index in [0.717, 1.165) is 54.0 Å². The Hall–Kier alpha value is -3.65. The SMILES string of the molecule is c1ncc(-c2ccc3nnc(Nc4ccc(N5CCNCC5)cc4)nc3c2)cn1. The Kier molecular flexibility index (Phi) is 4.67. The fraction of sp³-hybridized carbons (Fsp3) is 0.190. The molecule has 2 N–H and O–H groups in total. The van der Waals surface area contributed by atoms with E-state index in [2.05, 4.69) is 52.8 Å². The zero-order chi connectivity index (χ0) is 19.5. The van der Waals surface area contributed by atoms with Crippen molar-refractivity contribution in [2.24, 2.45) is 0 Å². The maximum absolute atomic E-state index is 4.62. The van der Waals surface area contributed by atoms with Gasteiger partial charge in [0.2, 0.25) is 5.95 Å². The van der Waals surface area contributed by atoms with Crippen LogP contribution < -0.4 is 15.5 Å². The molecule has 5 rings (SSSR count). The van der Waals surface area contributed by atoms with E-state index in [1.54, 1.807) is 12.4 Å². The Morgan fingerprint density at radius 3 is 2.41 bits per heavy atom. The molecule has 144 valence electrons. The van der Waals surface area contributed by atoms with Crippen LogP contribution in [0.5, 0.6) is 0 Å². The van der Waals surface area contributed by atoms with Crippen LogP contribution in [0, 0.1) is 0 Å². The molecule has 0 radical (unpaired) electrons. The number of aromatic nitrogens is 5. The first-order valence-corrected chi connectivity index (χ1v) is 9.58. The second-order valence-electron chi connectivity index (χ2n) is 6.87. The first-order chi connectivity index (χ1) is 14.3. The number of piperazine rings is 1. The van der Waals surface area contributed by atoms with Crippen molar-refractivity contribution in [1.82, 2.24) is 30.5 Å². The Morgan fingerprint density at radius 2 is 1.62 bits per heavy atom. The lowest BCUT2D eigenvalue weighted by Gasteiger charge is -2.29. The molecule has 2 aromatic carbocycles. The smallest absolute Gasteiger partial charge is 0.247 e. The Bertz CT molecular complexity index is 1110. The Balaban J connectivity index is 1.37. The third-order valence-electron chi connectivity index (χ3n) is 4.95. The number of hydrogen-bond donors (Lipinski definition) is 2. The van der Waals surface area contributed by atoms with Gasteiger partial charge < -0.3 is 15.5 Å². The minimum absolute atomic E-state index is 0.467. The molecule has 0 aliphatic carbocycles. The molecule has 1 aliphatic heterocycles. The van der Waals surface area contributed by atoms with Crippen LogP contribution in [0.4, 0.5) is 17.3 Å². The molecule has 0 atom stereocenters. The summed E-state index contributed by atoms with van der Waals surface area (Å²) in [5.74, 6) is 0.467. The van der Waals surface area contributed by atoms with Gasteiger partial charge in [-0.25, -0.2) is 15.0 Å². The lowest BCUT2D eigenvalue weighted by molar-refractivity contribution is 0.589. The first kappa shape index (κ1) is 17.4. The van der Waals surface area contributed by atoms with Crippen LogP contribution in [-0.4, -0.2) is 51.3 Å². The normalized spacial score (nSPS) is 14.1. The van der Waals surface area contributed by atoms with Crippen LogP contribution in [0.25, 0.3) is 22.2 Å². The standard InChI is InChI=1S/C21H20N8/c1-6-19-20(11-15(1)16-12-23-14-24-13-16)26-21(28-27-19)25-17-2-4-18(5-3-17)29-9-7-22-8-10-29/h1-6,11-14,22H,7-10H2,(H,25,26,28). The average molecular weight is 384 g/mol. The summed E-state index contributed by atoms with van der Waals surface area (Å²) in [6.07, 6.45) is 5.08. The number of benzene rings is 2. The van der Waals surface area contributed by atoms with Gasteiger partial charge in [0.15, 0.2) is 0 Å². The van der Waals surface area contributed by atoms with Crippen LogP contribution in [0.2, 0.25) is 0 Å². The highest BCUT2D eigenvalue weighted by Gasteiger charge is 2.10. The van der Waals surface area contributed by atoms with E-state index in [4.69, 9.17) is 0 Å². The molecular weight excluding hydrogens is 364 g/mol. The van der Waals surface area contributed by atoms with Gasteiger partial charge in [0.25, 0.3) is 0 Å². The van der Waals surface area contributed by atoms with Crippen molar-refractivity contribution in [1.29, 1.82) is 0 Å². The summed E-state index contributed by atoms with van der Waals surface area (Å²) in [5, 5.41) is 15.1. The van der Waals surface area contributed by atoms with E-state index in [-0.39, 0.29) is 0 Å². The predicted molar refractivity (Wildman–Crippen MR) is 113 cm³/mol. The molecule has 8 nitrogen and oxygen atoms in total. The maximum Gasteiger partial charge on any atom is 0.247 e. The van der Waals surface area contributed by atoms with Gasteiger partial charge in [0, 0.05) is 55.5 Å². The van der Waals surface area contributed by atoms with Gasteiger partial charge in [-0.1, -0.05) is 6.07 Å². The summed E-state index contributed by atoms with van der Waals surface area (Å²) in [7, 11) is 0. The fourth-order valence-electron chi connectivity index (χ4n) is 3.42. The second kappa shape index (κ2) is 7.76. The summed E-state index contributed by atoms with van der Waals surface area (Å²) >= 11 is 0. The van der Waals surface area contributed by atoms with E-state index in [1.165, 1.54) is 12.0 Å². The van der Waals surface area contributed by atoms with Crippen LogP contribution in [0.3, 0.4) is 0 Å². The molecular formula is C21H20N8. The molecule has 2 aromatic heterocycles. The summed E-state index contributed by atoms with van der Waals surface area (Å²) in [6.45, 7) is 4.10. The monoisotopic (exact) mass is 384 g/mol. The van der Waals surface area contributed by atoms with Crippen molar-refractivity contribution in [2.75, 3.05) is 36.4 Å². The van der Waals surface area contributed by atoms with Crippen molar-refractivity contribution in [3.8, 4) is 11.1 Å². The fourth-order valence-corrected chi connectivity index (χ4v) is 3.42. The van der Waals surface area contributed by atoms with Gasteiger partial charge in [0.1, 0.15) is 11.8 Å².